The normalized spacial score (nSPS) is 13.8. The van der Waals surface area contributed by atoms with E-state index in [1.54, 1.807) is 0 Å². The summed E-state index contributed by atoms with van der Waals surface area (Å²) < 4.78 is 5.46. The number of hydrogen-bond donors (Lipinski definition) is 1. The molecule has 0 aliphatic carbocycles. The average Bonchev–Trinajstić information content (AvgIpc) is 2.31. The van der Waals surface area contributed by atoms with E-state index in [4.69, 9.17) is 4.74 Å². The van der Waals surface area contributed by atoms with Crippen molar-refractivity contribution in [1.82, 2.24) is 0 Å². The van der Waals surface area contributed by atoms with Crippen LogP contribution in [0, 0.1) is 6.42 Å². The smallest absolute Gasteiger partial charge is 0.391 e. The van der Waals surface area contributed by atoms with Gasteiger partial charge in [0.2, 0.25) is 0 Å². The van der Waals surface area contributed by atoms with Crippen LogP contribution in [0.3, 0.4) is 0 Å². The van der Waals surface area contributed by atoms with Crippen LogP contribution in [0.1, 0.15) is 38.7 Å². The van der Waals surface area contributed by atoms with Gasteiger partial charge < -0.3 is 9.84 Å². The first-order chi connectivity index (χ1) is 7.73. The molecule has 1 N–H and O–H groups in total. The molecule has 3 heteroatoms. The van der Waals surface area contributed by atoms with Crippen LogP contribution in [0.5, 0.6) is 0 Å². The summed E-state index contributed by atoms with van der Waals surface area (Å²) in [5.74, 6) is -1.23. The Balaban J connectivity index is 0.00000256. The zero-order valence-corrected chi connectivity index (χ0v) is 11.1. The summed E-state index contributed by atoms with van der Waals surface area (Å²) in [6.45, 7) is 4.52. The standard InChI is InChI=1S/C14H21O2.Li/c1-3-5-9-12-14(15,16-4-2)13-10-7-6-8-11-13;/h6-8,10-12,15H,3-5,9H2,1-2H3;/q-1;+1. The summed E-state index contributed by atoms with van der Waals surface area (Å²) in [6, 6.07) is 9.53. The molecule has 0 amide bonds. The van der Waals surface area contributed by atoms with E-state index in [0.717, 1.165) is 24.8 Å². The van der Waals surface area contributed by atoms with Crippen LogP contribution in [0.15, 0.2) is 30.3 Å². The van der Waals surface area contributed by atoms with Crippen LogP contribution in [0.25, 0.3) is 0 Å². The van der Waals surface area contributed by atoms with E-state index < -0.39 is 5.79 Å². The number of ether oxygens (including phenoxy) is 1. The monoisotopic (exact) mass is 228 g/mol. The maximum absolute atomic E-state index is 10.4. The number of hydrogen-bond acceptors (Lipinski definition) is 2. The van der Waals surface area contributed by atoms with Crippen LogP contribution < -0.4 is 18.9 Å². The predicted molar refractivity (Wildman–Crippen MR) is 65.8 cm³/mol. The maximum Gasteiger partial charge on any atom is 1.00 e. The molecule has 1 rings (SSSR count). The Morgan fingerprint density at radius 2 is 1.88 bits per heavy atom. The SMILES string of the molecule is CCCC[CH-]C(O)(OCC)c1ccccc1.[Li+]. The van der Waals surface area contributed by atoms with Gasteiger partial charge in [-0.15, -0.1) is 0 Å². The minimum Gasteiger partial charge on any atom is -0.391 e. The summed E-state index contributed by atoms with van der Waals surface area (Å²) in [7, 11) is 0. The molecule has 0 aliphatic heterocycles. The van der Waals surface area contributed by atoms with Crippen LogP contribution in [-0.4, -0.2) is 11.7 Å². The molecule has 0 spiro atoms. The van der Waals surface area contributed by atoms with Gasteiger partial charge in [-0.25, -0.2) is 0 Å². The van der Waals surface area contributed by atoms with E-state index in [1.807, 2.05) is 43.7 Å². The maximum atomic E-state index is 10.4. The molecule has 0 aromatic heterocycles. The van der Waals surface area contributed by atoms with Gasteiger partial charge in [-0.3, -0.25) is 6.42 Å². The van der Waals surface area contributed by atoms with Gasteiger partial charge in [0.05, 0.1) is 5.79 Å². The molecule has 0 heterocycles. The number of aliphatic hydroxyl groups is 1. The molecule has 1 aromatic rings. The minimum absolute atomic E-state index is 0. The first kappa shape index (κ1) is 16.7. The van der Waals surface area contributed by atoms with Crippen molar-refractivity contribution < 1.29 is 28.7 Å². The molecular formula is C14H21LiO2. The Bertz CT molecular complexity index is 290. The molecule has 0 radical (unpaired) electrons. The van der Waals surface area contributed by atoms with Gasteiger partial charge in [-0.05, 0) is 12.5 Å². The fourth-order valence-corrected chi connectivity index (χ4v) is 1.66. The second-order valence-corrected chi connectivity index (χ2v) is 3.84. The molecule has 0 saturated heterocycles. The van der Waals surface area contributed by atoms with Gasteiger partial charge in [-0.1, -0.05) is 50.1 Å². The largest absolute Gasteiger partial charge is 1.00 e. The summed E-state index contributed by atoms with van der Waals surface area (Å²) in [5.41, 5.74) is 0.799. The van der Waals surface area contributed by atoms with Gasteiger partial charge in [0.15, 0.2) is 0 Å². The summed E-state index contributed by atoms with van der Waals surface area (Å²) in [6.07, 6.45) is 4.91. The number of unbranched alkanes of at least 4 members (excludes halogenated alkanes) is 2. The molecule has 0 aliphatic rings. The molecule has 0 saturated carbocycles. The molecule has 1 atom stereocenters. The fraction of sp³-hybridized carbons (Fsp3) is 0.500. The summed E-state index contributed by atoms with van der Waals surface area (Å²) in [5, 5.41) is 10.4. The Hall–Kier alpha value is -0.263. The topological polar surface area (TPSA) is 29.5 Å². The molecule has 2 nitrogen and oxygen atoms in total. The minimum atomic E-state index is -1.23. The van der Waals surface area contributed by atoms with Crippen molar-refractivity contribution in [3.05, 3.63) is 42.3 Å². The van der Waals surface area contributed by atoms with E-state index >= 15 is 0 Å². The third-order valence-electron chi connectivity index (χ3n) is 2.53. The summed E-state index contributed by atoms with van der Waals surface area (Å²) >= 11 is 0. The first-order valence-electron chi connectivity index (χ1n) is 5.99. The van der Waals surface area contributed by atoms with Crippen molar-refractivity contribution >= 4 is 0 Å². The Kier molecular flexibility index (Phi) is 8.64. The number of rotatable bonds is 7. The zero-order chi connectivity index (χ0) is 11.9. The molecular weight excluding hydrogens is 207 g/mol. The van der Waals surface area contributed by atoms with E-state index in [9.17, 15) is 5.11 Å². The van der Waals surface area contributed by atoms with E-state index in [1.165, 1.54) is 0 Å². The van der Waals surface area contributed by atoms with Crippen molar-refractivity contribution in [2.75, 3.05) is 6.61 Å². The first-order valence-corrected chi connectivity index (χ1v) is 5.99. The second-order valence-electron chi connectivity index (χ2n) is 3.84. The summed E-state index contributed by atoms with van der Waals surface area (Å²) in [4.78, 5) is 0. The van der Waals surface area contributed by atoms with Gasteiger partial charge in [-0.2, -0.15) is 6.42 Å². The molecule has 90 valence electrons. The van der Waals surface area contributed by atoms with Gasteiger partial charge in [0.1, 0.15) is 0 Å². The van der Waals surface area contributed by atoms with Crippen molar-refractivity contribution in [3.8, 4) is 0 Å². The Morgan fingerprint density at radius 1 is 1.24 bits per heavy atom. The zero-order valence-electron chi connectivity index (χ0n) is 11.1. The van der Waals surface area contributed by atoms with Crippen molar-refractivity contribution in [1.29, 1.82) is 0 Å². The van der Waals surface area contributed by atoms with Crippen LogP contribution in [-0.2, 0) is 10.5 Å². The Morgan fingerprint density at radius 3 is 2.41 bits per heavy atom. The van der Waals surface area contributed by atoms with Gasteiger partial charge >= 0.3 is 18.9 Å². The van der Waals surface area contributed by atoms with Gasteiger partial charge in [0.25, 0.3) is 0 Å². The van der Waals surface area contributed by atoms with Crippen molar-refractivity contribution in [2.45, 2.75) is 38.9 Å². The molecule has 17 heavy (non-hydrogen) atoms. The average molecular weight is 228 g/mol. The van der Waals surface area contributed by atoms with Crippen LogP contribution in [0.4, 0.5) is 0 Å². The third kappa shape index (κ3) is 5.27. The van der Waals surface area contributed by atoms with Crippen molar-refractivity contribution in [3.63, 3.8) is 0 Å². The van der Waals surface area contributed by atoms with Crippen molar-refractivity contribution in [2.24, 2.45) is 0 Å². The van der Waals surface area contributed by atoms with Crippen LogP contribution in [0.2, 0.25) is 0 Å². The van der Waals surface area contributed by atoms with E-state index in [2.05, 4.69) is 6.92 Å². The fourth-order valence-electron chi connectivity index (χ4n) is 1.66. The molecule has 1 unspecified atom stereocenters. The predicted octanol–water partition coefficient (Wildman–Crippen LogP) is 0.267. The molecule has 0 fully saturated rings. The second kappa shape index (κ2) is 8.77. The quantitative estimate of drug-likeness (QED) is 0.314. The van der Waals surface area contributed by atoms with E-state index in [0.29, 0.717) is 6.61 Å². The molecule has 0 bridgehead atoms. The Labute approximate surface area is 117 Å². The van der Waals surface area contributed by atoms with Crippen LogP contribution >= 0.6 is 0 Å². The number of benzene rings is 1. The van der Waals surface area contributed by atoms with E-state index in [-0.39, 0.29) is 18.9 Å². The third-order valence-corrected chi connectivity index (χ3v) is 2.53. The molecule has 1 aromatic carbocycles. The van der Waals surface area contributed by atoms with Gasteiger partial charge in [0, 0.05) is 6.61 Å².